The fourth-order valence-electron chi connectivity index (χ4n) is 2.82. The van der Waals surface area contributed by atoms with Gasteiger partial charge < -0.3 is 9.88 Å². The van der Waals surface area contributed by atoms with Crippen molar-refractivity contribution in [3.63, 3.8) is 0 Å². The van der Waals surface area contributed by atoms with Gasteiger partial charge in [-0.25, -0.2) is 4.98 Å². The topological polar surface area (TPSA) is 29.9 Å². The Hall–Kier alpha value is -1.13. The Morgan fingerprint density at radius 3 is 3.05 bits per heavy atom. The largest absolute Gasteiger partial charge is 0.330 e. The number of nitrogens with one attached hydrogen (secondary N) is 1. The van der Waals surface area contributed by atoms with Crippen molar-refractivity contribution < 1.29 is 0 Å². The average molecular weight is 320 g/mol. The first-order valence-electron chi connectivity index (χ1n) is 6.70. The van der Waals surface area contributed by atoms with Crippen LogP contribution in [0.2, 0.25) is 0 Å². The summed E-state index contributed by atoms with van der Waals surface area (Å²) in [7, 11) is 1.97. The lowest BCUT2D eigenvalue weighted by Crippen LogP contribution is -2.11. The minimum absolute atomic E-state index is 0.833. The normalized spacial score (nSPS) is 13.8. The van der Waals surface area contributed by atoms with Crippen molar-refractivity contribution in [2.24, 2.45) is 0 Å². The number of aromatic nitrogens is 2. The van der Waals surface area contributed by atoms with E-state index in [1.165, 1.54) is 28.9 Å². The molecule has 19 heavy (non-hydrogen) atoms. The second-order valence-electron chi connectivity index (χ2n) is 5.07. The van der Waals surface area contributed by atoms with Gasteiger partial charge in [0, 0.05) is 22.3 Å². The quantitative estimate of drug-likeness (QED) is 0.940. The summed E-state index contributed by atoms with van der Waals surface area (Å²) in [4.78, 5) is 4.87. The number of hydrogen-bond donors (Lipinski definition) is 1. The summed E-state index contributed by atoms with van der Waals surface area (Å²) < 4.78 is 3.50. The van der Waals surface area contributed by atoms with E-state index in [0.717, 1.165) is 29.8 Å². The second-order valence-corrected chi connectivity index (χ2v) is 5.98. The van der Waals surface area contributed by atoms with Crippen LogP contribution in [0.3, 0.4) is 0 Å². The third kappa shape index (κ3) is 2.23. The summed E-state index contributed by atoms with van der Waals surface area (Å²) in [5, 5.41) is 3.21. The van der Waals surface area contributed by atoms with Gasteiger partial charge in [0.1, 0.15) is 5.82 Å². The van der Waals surface area contributed by atoms with Crippen molar-refractivity contribution >= 4 is 15.9 Å². The van der Waals surface area contributed by atoms with Crippen LogP contribution in [0, 0.1) is 6.92 Å². The summed E-state index contributed by atoms with van der Waals surface area (Å²) in [5.74, 6) is 1.16. The summed E-state index contributed by atoms with van der Waals surface area (Å²) >= 11 is 3.56. The van der Waals surface area contributed by atoms with Crippen LogP contribution < -0.4 is 5.32 Å². The molecule has 0 unspecified atom stereocenters. The van der Waals surface area contributed by atoms with Gasteiger partial charge in [-0.2, -0.15) is 0 Å². The van der Waals surface area contributed by atoms with Crippen molar-refractivity contribution in [3.05, 3.63) is 39.8 Å². The van der Waals surface area contributed by atoms with Crippen LogP contribution in [0.15, 0.2) is 22.7 Å². The van der Waals surface area contributed by atoms with Crippen LogP contribution in [0.5, 0.6) is 0 Å². The Kier molecular flexibility index (Phi) is 3.46. The summed E-state index contributed by atoms with van der Waals surface area (Å²) in [6, 6.07) is 6.42. The van der Waals surface area contributed by atoms with Gasteiger partial charge in [0.2, 0.25) is 0 Å². The van der Waals surface area contributed by atoms with E-state index >= 15 is 0 Å². The van der Waals surface area contributed by atoms with E-state index in [1.54, 1.807) is 0 Å². The highest BCUT2D eigenvalue weighted by Crippen LogP contribution is 2.32. The minimum Gasteiger partial charge on any atom is -0.330 e. The molecule has 1 aromatic heterocycles. The van der Waals surface area contributed by atoms with Gasteiger partial charge in [-0.1, -0.05) is 22.0 Å². The molecule has 0 radical (unpaired) electrons. The van der Waals surface area contributed by atoms with Crippen LogP contribution in [0.1, 0.15) is 23.5 Å². The molecule has 0 saturated carbocycles. The highest BCUT2D eigenvalue weighted by Gasteiger charge is 2.22. The van der Waals surface area contributed by atoms with E-state index in [4.69, 9.17) is 4.98 Å². The molecule has 0 spiro atoms. The minimum atomic E-state index is 0.833. The lowest BCUT2D eigenvalue weighted by Gasteiger charge is -2.05. The van der Waals surface area contributed by atoms with Gasteiger partial charge in [0.15, 0.2) is 0 Å². The zero-order valence-corrected chi connectivity index (χ0v) is 12.9. The first kappa shape index (κ1) is 12.9. The molecule has 3 rings (SSSR count). The van der Waals surface area contributed by atoms with Crippen molar-refractivity contribution in [2.45, 2.75) is 32.9 Å². The smallest absolute Gasteiger partial charge is 0.123 e. The first-order chi connectivity index (χ1) is 9.20. The lowest BCUT2D eigenvalue weighted by atomic mass is 10.0. The van der Waals surface area contributed by atoms with Crippen LogP contribution >= 0.6 is 15.9 Å². The van der Waals surface area contributed by atoms with E-state index < -0.39 is 0 Å². The summed E-state index contributed by atoms with van der Waals surface area (Å²) in [6.07, 6.45) is 2.37. The van der Waals surface area contributed by atoms with E-state index in [2.05, 4.69) is 50.9 Å². The highest BCUT2D eigenvalue weighted by atomic mass is 79.9. The third-order valence-electron chi connectivity index (χ3n) is 3.74. The predicted octanol–water partition coefficient (Wildman–Crippen LogP) is 3.29. The fraction of sp³-hybridized carbons (Fsp3) is 0.400. The molecule has 0 fully saturated rings. The molecule has 3 nitrogen and oxygen atoms in total. The Labute approximate surface area is 122 Å². The predicted molar refractivity (Wildman–Crippen MR) is 81.2 cm³/mol. The van der Waals surface area contributed by atoms with Gasteiger partial charge in [0.25, 0.3) is 0 Å². The maximum absolute atomic E-state index is 4.87. The molecular weight excluding hydrogens is 302 g/mol. The number of aryl methyl sites for hydroxylation is 1. The maximum atomic E-state index is 4.87. The molecule has 1 N–H and O–H groups in total. The molecule has 2 aromatic rings. The molecule has 0 saturated heterocycles. The van der Waals surface area contributed by atoms with Crippen LogP contribution in [0.4, 0.5) is 0 Å². The zero-order valence-electron chi connectivity index (χ0n) is 11.3. The van der Waals surface area contributed by atoms with Gasteiger partial charge in [-0.3, -0.25) is 0 Å². The monoisotopic (exact) mass is 319 g/mol. The van der Waals surface area contributed by atoms with Crippen molar-refractivity contribution in [2.75, 3.05) is 7.05 Å². The van der Waals surface area contributed by atoms with Gasteiger partial charge in [-0.15, -0.1) is 0 Å². The maximum Gasteiger partial charge on any atom is 0.123 e. The average Bonchev–Trinajstić information content (AvgIpc) is 2.97. The molecule has 2 heterocycles. The number of halogens is 1. The van der Waals surface area contributed by atoms with Gasteiger partial charge in [0.05, 0.1) is 12.2 Å². The molecular formula is C15H18BrN3. The molecule has 0 amide bonds. The lowest BCUT2D eigenvalue weighted by molar-refractivity contribution is 0.653. The van der Waals surface area contributed by atoms with Crippen molar-refractivity contribution in [1.82, 2.24) is 14.9 Å². The molecule has 0 bridgehead atoms. The molecule has 100 valence electrons. The standard InChI is InChI=1S/C15H18BrN3/c1-10-5-6-11(16)8-12(10)15-13-4-3-7-19(13)14(18-15)9-17-2/h5-6,8,17H,3-4,7,9H2,1-2H3. The number of imidazole rings is 1. The van der Waals surface area contributed by atoms with Crippen LogP contribution in [-0.2, 0) is 19.5 Å². The number of hydrogen-bond acceptors (Lipinski definition) is 2. The first-order valence-corrected chi connectivity index (χ1v) is 7.49. The number of rotatable bonds is 3. The molecule has 4 heteroatoms. The second kappa shape index (κ2) is 5.10. The number of benzene rings is 1. The van der Waals surface area contributed by atoms with Crippen molar-refractivity contribution in [1.29, 1.82) is 0 Å². The molecule has 1 aromatic carbocycles. The summed E-state index contributed by atoms with van der Waals surface area (Å²) in [5.41, 5.74) is 5.10. The zero-order chi connectivity index (χ0) is 13.4. The van der Waals surface area contributed by atoms with Crippen LogP contribution in [0.25, 0.3) is 11.3 Å². The Morgan fingerprint density at radius 1 is 1.42 bits per heavy atom. The van der Waals surface area contributed by atoms with Gasteiger partial charge in [-0.05, 0) is 44.5 Å². The Bertz CT molecular complexity index is 616. The van der Waals surface area contributed by atoms with E-state index in [0.29, 0.717) is 0 Å². The van der Waals surface area contributed by atoms with Gasteiger partial charge >= 0.3 is 0 Å². The Morgan fingerprint density at radius 2 is 2.26 bits per heavy atom. The highest BCUT2D eigenvalue weighted by molar-refractivity contribution is 9.10. The summed E-state index contributed by atoms with van der Waals surface area (Å²) in [6.45, 7) is 4.09. The SMILES string of the molecule is CNCc1nc(-c2cc(Br)ccc2C)c2n1CCC2. The Balaban J connectivity index is 2.15. The molecule has 0 aliphatic carbocycles. The van der Waals surface area contributed by atoms with E-state index in [9.17, 15) is 0 Å². The number of fused-ring (bicyclic) bond motifs is 1. The molecule has 1 aliphatic heterocycles. The van der Waals surface area contributed by atoms with E-state index in [-0.39, 0.29) is 0 Å². The fourth-order valence-corrected chi connectivity index (χ4v) is 3.18. The molecule has 0 atom stereocenters. The van der Waals surface area contributed by atoms with Crippen molar-refractivity contribution in [3.8, 4) is 11.3 Å². The van der Waals surface area contributed by atoms with Crippen LogP contribution in [-0.4, -0.2) is 16.6 Å². The third-order valence-corrected chi connectivity index (χ3v) is 4.23. The molecule has 1 aliphatic rings. The van der Waals surface area contributed by atoms with E-state index in [1.807, 2.05) is 7.05 Å². The number of nitrogens with zero attached hydrogens (tertiary/aromatic N) is 2.